The fourth-order valence-corrected chi connectivity index (χ4v) is 7.26. The molecule has 0 atom stereocenters. The van der Waals surface area contributed by atoms with Crippen molar-refractivity contribution in [3.63, 3.8) is 0 Å². The first kappa shape index (κ1) is 29.2. The lowest BCUT2D eigenvalue weighted by atomic mass is 9.84. The van der Waals surface area contributed by atoms with Crippen molar-refractivity contribution in [3.8, 4) is 73.3 Å². The molecular weight excluding hydrogens is 624 g/mol. The SMILES string of the molecule is Oc1c(O)c(O)c(-c2ccc3c(-c4ccc(-c5ccccc5)cc4)c4ccccc4c(-c4ccc5c(c4)oc4ccccc45)c3c2)c(O)c1O. The van der Waals surface area contributed by atoms with Gasteiger partial charge in [0.2, 0.25) is 17.2 Å². The van der Waals surface area contributed by atoms with E-state index in [9.17, 15) is 25.5 Å². The third-order valence-electron chi connectivity index (χ3n) is 9.63. The standard InChI is InChI=1S/C44H28O6/c45-40-39(41(46)43(48)44(49)42(40)47)27-19-21-33-34(22-27)38(28-18-20-30-29-10-6-7-13-35(29)50-36(30)23-28)32-12-5-4-11-31(32)37(33)26-16-14-25(15-17-26)24-8-2-1-3-9-24/h1-23,45-49H. The van der Waals surface area contributed by atoms with Crippen molar-refractivity contribution in [2.45, 2.75) is 0 Å². The molecule has 0 saturated carbocycles. The molecule has 1 heterocycles. The summed E-state index contributed by atoms with van der Waals surface area (Å²) in [5, 5.41) is 58.5. The van der Waals surface area contributed by atoms with Gasteiger partial charge in [0.1, 0.15) is 11.2 Å². The number of hydrogen-bond donors (Lipinski definition) is 5. The van der Waals surface area contributed by atoms with Crippen molar-refractivity contribution < 1.29 is 29.9 Å². The van der Waals surface area contributed by atoms with Crippen LogP contribution < -0.4 is 0 Å². The molecule has 50 heavy (non-hydrogen) atoms. The van der Waals surface area contributed by atoms with Gasteiger partial charge in [-0.15, -0.1) is 0 Å². The van der Waals surface area contributed by atoms with Gasteiger partial charge in [-0.25, -0.2) is 0 Å². The summed E-state index contributed by atoms with van der Waals surface area (Å²) in [5.74, 6) is -4.36. The number of fused-ring (bicyclic) bond motifs is 5. The van der Waals surface area contributed by atoms with E-state index in [2.05, 4.69) is 60.7 Å². The van der Waals surface area contributed by atoms with E-state index in [0.717, 1.165) is 76.9 Å². The molecular formula is C44H28O6. The molecule has 6 heteroatoms. The number of phenolic OH excluding ortho intramolecular Hbond substituents is 5. The van der Waals surface area contributed by atoms with Crippen LogP contribution in [0.15, 0.2) is 144 Å². The molecule has 6 nitrogen and oxygen atoms in total. The van der Waals surface area contributed by atoms with Crippen molar-refractivity contribution in [3.05, 3.63) is 140 Å². The Bertz CT molecular complexity index is 2770. The molecule has 8 aromatic carbocycles. The van der Waals surface area contributed by atoms with Gasteiger partial charge in [0.15, 0.2) is 11.5 Å². The normalized spacial score (nSPS) is 11.6. The summed E-state index contributed by atoms with van der Waals surface area (Å²) in [5.41, 5.74) is 7.66. The van der Waals surface area contributed by atoms with Gasteiger partial charge in [-0.1, -0.05) is 115 Å². The fourth-order valence-electron chi connectivity index (χ4n) is 7.26. The Morgan fingerprint density at radius 1 is 0.280 bits per heavy atom. The molecule has 0 saturated heterocycles. The van der Waals surface area contributed by atoms with Crippen LogP contribution in [0, 0.1) is 0 Å². The number of furan rings is 1. The van der Waals surface area contributed by atoms with Gasteiger partial charge >= 0.3 is 0 Å². The molecule has 9 aromatic rings. The van der Waals surface area contributed by atoms with Crippen molar-refractivity contribution in [2.24, 2.45) is 0 Å². The van der Waals surface area contributed by atoms with Crippen LogP contribution in [0.4, 0.5) is 0 Å². The van der Waals surface area contributed by atoms with Crippen LogP contribution in [-0.4, -0.2) is 25.5 Å². The molecule has 9 rings (SSSR count). The number of hydrogen-bond acceptors (Lipinski definition) is 6. The lowest BCUT2D eigenvalue weighted by Crippen LogP contribution is -1.92. The van der Waals surface area contributed by atoms with E-state index in [0.29, 0.717) is 5.56 Å². The van der Waals surface area contributed by atoms with Crippen molar-refractivity contribution in [1.82, 2.24) is 0 Å². The highest BCUT2D eigenvalue weighted by Gasteiger charge is 2.26. The maximum atomic E-state index is 10.9. The second-order valence-corrected chi connectivity index (χ2v) is 12.4. The summed E-state index contributed by atoms with van der Waals surface area (Å²) in [6, 6.07) is 46.4. The minimum Gasteiger partial charge on any atom is -0.504 e. The highest BCUT2D eigenvalue weighted by molar-refractivity contribution is 6.22. The zero-order valence-corrected chi connectivity index (χ0v) is 26.4. The first-order valence-corrected chi connectivity index (χ1v) is 16.1. The van der Waals surface area contributed by atoms with Gasteiger partial charge < -0.3 is 29.9 Å². The van der Waals surface area contributed by atoms with Gasteiger partial charge in [0.25, 0.3) is 0 Å². The molecule has 5 N–H and O–H groups in total. The molecule has 0 bridgehead atoms. The van der Waals surface area contributed by atoms with E-state index in [-0.39, 0.29) is 5.56 Å². The quantitative estimate of drug-likeness (QED) is 0.0734. The van der Waals surface area contributed by atoms with Gasteiger partial charge in [-0.05, 0) is 84.8 Å². The van der Waals surface area contributed by atoms with Gasteiger partial charge in [0, 0.05) is 10.8 Å². The average Bonchev–Trinajstić information content (AvgIpc) is 3.54. The topological polar surface area (TPSA) is 114 Å². The van der Waals surface area contributed by atoms with Crippen molar-refractivity contribution in [1.29, 1.82) is 0 Å². The van der Waals surface area contributed by atoms with Crippen LogP contribution in [0.3, 0.4) is 0 Å². The molecule has 0 aliphatic heterocycles. The Morgan fingerprint density at radius 3 is 1.40 bits per heavy atom. The second-order valence-electron chi connectivity index (χ2n) is 12.4. The average molecular weight is 653 g/mol. The van der Waals surface area contributed by atoms with Crippen LogP contribution in [0.2, 0.25) is 0 Å². The van der Waals surface area contributed by atoms with E-state index in [1.807, 2.05) is 72.8 Å². The van der Waals surface area contributed by atoms with Gasteiger partial charge in [0.05, 0.1) is 5.56 Å². The van der Waals surface area contributed by atoms with Gasteiger partial charge in [-0.2, -0.15) is 0 Å². The maximum Gasteiger partial charge on any atom is 0.208 e. The van der Waals surface area contributed by atoms with E-state index < -0.39 is 28.7 Å². The van der Waals surface area contributed by atoms with Crippen LogP contribution in [0.1, 0.15) is 0 Å². The molecule has 0 radical (unpaired) electrons. The third kappa shape index (κ3) is 4.36. The Hall–Kier alpha value is -6.92. The lowest BCUT2D eigenvalue weighted by Gasteiger charge is -2.19. The number of phenols is 5. The minimum absolute atomic E-state index is 0.208. The summed E-state index contributed by atoms with van der Waals surface area (Å²) in [4.78, 5) is 0. The number of rotatable bonds is 4. The monoisotopic (exact) mass is 652 g/mol. The molecule has 0 aliphatic carbocycles. The van der Waals surface area contributed by atoms with E-state index in [1.165, 1.54) is 0 Å². The largest absolute Gasteiger partial charge is 0.504 e. The first-order chi connectivity index (χ1) is 24.4. The summed E-state index contributed by atoms with van der Waals surface area (Å²) in [6.45, 7) is 0. The maximum absolute atomic E-state index is 10.9. The summed E-state index contributed by atoms with van der Waals surface area (Å²) in [6.07, 6.45) is 0. The van der Waals surface area contributed by atoms with Crippen LogP contribution >= 0.6 is 0 Å². The Kier molecular flexibility index (Phi) is 6.48. The molecule has 1 aromatic heterocycles. The number of para-hydroxylation sites is 1. The summed E-state index contributed by atoms with van der Waals surface area (Å²) < 4.78 is 6.30. The first-order valence-electron chi connectivity index (χ1n) is 16.1. The van der Waals surface area contributed by atoms with Gasteiger partial charge in [-0.3, -0.25) is 0 Å². The predicted octanol–water partition coefficient (Wildman–Crippen LogP) is 11.1. The number of aromatic hydroxyl groups is 5. The second kappa shape index (κ2) is 11.1. The smallest absolute Gasteiger partial charge is 0.208 e. The summed E-state index contributed by atoms with van der Waals surface area (Å²) in [7, 11) is 0. The van der Waals surface area contributed by atoms with E-state index >= 15 is 0 Å². The highest BCUT2D eigenvalue weighted by Crippen LogP contribution is 2.55. The Balaban J connectivity index is 1.36. The summed E-state index contributed by atoms with van der Waals surface area (Å²) >= 11 is 0. The minimum atomic E-state index is -1.00. The molecule has 0 unspecified atom stereocenters. The lowest BCUT2D eigenvalue weighted by molar-refractivity contribution is 0.330. The van der Waals surface area contributed by atoms with E-state index in [1.54, 1.807) is 6.07 Å². The van der Waals surface area contributed by atoms with Crippen LogP contribution in [0.25, 0.3) is 88.0 Å². The highest BCUT2D eigenvalue weighted by atomic mass is 16.4. The molecule has 0 aliphatic rings. The number of benzene rings is 8. The van der Waals surface area contributed by atoms with Crippen LogP contribution in [0.5, 0.6) is 28.7 Å². The molecule has 0 spiro atoms. The zero-order valence-electron chi connectivity index (χ0n) is 26.4. The predicted molar refractivity (Wildman–Crippen MR) is 199 cm³/mol. The zero-order chi connectivity index (χ0) is 34.1. The molecule has 0 fully saturated rings. The fraction of sp³-hybridized carbons (Fsp3) is 0. The molecule has 240 valence electrons. The molecule has 0 amide bonds. The van der Waals surface area contributed by atoms with Crippen LogP contribution in [-0.2, 0) is 0 Å². The third-order valence-corrected chi connectivity index (χ3v) is 9.63. The van der Waals surface area contributed by atoms with E-state index in [4.69, 9.17) is 4.42 Å². The Morgan fingerprint density at radius 2 is 0.720 bits per heavy atom. The Labute approximate surface area is 285 Å². The van der Waals surface area contributed by atoms with Crippen molar-refractivity contribution >= 4 is 43.5 Å². The van der Waals surface area contributed by atoms with Crippen molar-refractivity contribution in [2.75, 3.05) is 0 Å².